The molecule has 492 valence electrons. The molecule has 22 heteroatoms. The van der Waals surface area contributed by atoms with Crippen LogP contribution in [0, 0.1) is 17.8 Å². The monoisotopic (exact) mass is 1240 g/mol. The molecule has 3 saturated heterocycles. The number of ether oxygens (including phenoxy) is 4. The number of Topliss-reactive ketones (excluding diaryl/α,β-unsaturated/α-hetero) is 2. The molecule has 4 heterocycles. The second kappa shape index (κ2) is 37.3. The normalized spacial score (nSPS) is 37.6. The fraction of sp³-hybridized carbons (Fsp3) is 0.636. The lowest BCUT2D eigenvalue weighted by molar-refractivity contribution is -0.307. The van der Waals surface area contributed by atoms with Gasteiger partial charge in [-0.25, -0.2) is 0 Å². The molecule has 20 atom stereocenters. The highest BCUT2D eigenvalue weighted by Gasteiger charge is 2.51. The molecule has 4 aliphatic heterocycles. The van der Waals surface area contributed by atoms with Crippen LogP contribution >= 0.6 is 0 Å². The quantitative estimate of drug-likeness (QED) is 0.0939. The highest BCUT2D eigenvalue weighted by molar-refractivity contribution is 5.96. The minimum absolute atomic E-state index is 0.0654. The summed E-state index contributed by atoms with van der Waals surface area (Å²) in [5.74, 6) is -6.40. The molecule has 0 radical (unpaired) electrons. The first kappa shape index (κ1) is 73.6. The Morgan fingerprint density at radius 1 is 0.761 bits per heavy atom. The largest absolute Gasteiger partial charge is 0.461 e. The van der Waals surface area contributed by atoms with Crippen molar-refractivity contribution in [1.29, 1.82) is 0 Å². The van der Waals surface area contributed by atoms with Crippen molar-refractivity contribution in [2.45, 2.75) is 221 Å². The Bertz CT molecular complexity index is 2520. The molecule has 5 rings (SSSR count). The Morgan fingerprint density at radius 2 is 1.35 bits per heavy atom. The number of amides is 1. The number of anilines is 1. The van der Waals surface area contributed by atoms with Gasteiger partial charge in [-0.2, -0.15) is 0 Å². The highest BCUT2D eigenvalue weighted by Crippen LogP contribution is 2.38. The van der Waals surface area contributed by atoms with Gasteiger partial charge in [-0.3, -0.25) is 24.1 Å². The number of aliphatic hydroxyl groups is 10. The molecule has 0 aromatic heterocycles. The van der Waals surface area contributed by atoms with E-state index in [9.17, 15) is 70.2 Å². The molecule has 0 aliphatic carbocycles. The highest BCUT2D eigenvalue weighted by atomic mass is 16.7. The van der Waals surface area contributed by atoms with Gasteiger partial charge in [-0.15, -0.1) is 0 Å². The van der Waals surface area contributed by atoms with Gasteiger partial charge >= 0.3 is 5.97 Å². The number of nitrogens with zero attached hydrogens (tertiary/aromatic N) is 1. The molecule has 3 fully saturated rings. The number of hydrogen-bond acceptors (Lipinski definition) is 21. The number of likely N-dealkylation sites (tertiary alicyclic amines) is 1. The van der Waals surface area contributed by atoms with E-state index in [0.717, 1.165) is 31.6 Å². The van der Waals surface area contributed by atoms with Crippen LogP contribution in [0.3, 0.4) is 0 Å². The number of ketones is 2. The number of nitrogens with two attached hydrogens (primary N) is 1. The zero-order valence-electron chi connectivity index (χ0n) is 51.6. The Balaban J connectivity index is 1.36. The van der Waals surface area contributed by atoms with E-state index >= 15 is 0 Å². The van der Waals surface area contributed by atoms with Crippen LogP contribution in [-0.4, -0.2) is 210 Å². The minimum atomic E-state index is -2.28. The third-order valence-electron chi connectivity index (χ3n) is 16.8. The third kappa shape index (κ3) is 24.6. The number of aliphatic hydroxyl groups excluding tert-OH is 9. The molecular formula is C66H100N4O18. The Kier molecular flexibility index (Phi) is 31.2. The van der Waals surface area contributed by atoms with Gasteiger partial charge < -0.3 is 86.4 Å². The van der Waals surface area contributed by atoms with E-state index < -0.39 is 160 Å². The standard InChI is InChI=1S/C66H100N4O18/c1-6-70-29-19-21-46(70)40-69-64(83)59-56(79)39-66(84)38-53(77)34-51(75)32-49(73)30-48(72)31-50(74)33-52(76)36-58(80)87-63(42(3)23-28-47(71)35-55(78)44-24-26-45(68-5)27-25-44)41(2)20-17-15-13-11-9-7-8-10-12-14-16-18-22-54(37-57(59)88-66)86-65-62(82)60(67)61(81)43(4)85-65/h7-18,20,22,24-27,41-43,46-49,51-54,56-57,59-63,65,68,71-73,75-77,79,81-82,84H,6,19,21,23,28-40,67H2,1-5H3,(H,69,83)/b8-7+,11-9+,12-10+,15-13+,16-14+,20-17+,22-18+/t41?,42?,43-,46?,47?,48?,49?,51?,52?,53?,54?,56?,57?,59?,60+,61-,62+,63?,65+,66?/m1/s1. The molecule has 4 aliphatic rings. The van der Waals surface area contributed by atoms with Gasteiger partial charge in [-0.1, -0.05) is 106 Å². The van der Waals surface area contributed by atoms with Crippen molar-refractivity contribution in [2.24, 2.45) is 23.5 Å². The zero-order chi connectivity index (χ0) is 64.5. The number of rotatable bonds is 14. The van der Waals surface area contributed by atoms with Crippen LogP contribution in [0.5, 0.6) is 0 Å². The lowest BCUT2D eigenvalue weighted by atomic mass is 9.82. The number of allylic oxidation sites excluding steroid dienone is 12. The summed E-state index contributed by atoms with van der Waals surface area (Å²) in [6.45, 7) is 9.27. The van der Waals surface area contributed by atoms with Crippen molar-refractivity contribution in [3.63, 3.8) is 0 Å². The van der Waals surface area contributed by atoms with E-state index in [1.54, 1.807) is 99.0 Å². The molecule has 15 unspecified atom stereocenters. The van der Waals surface area contributed by atoms with E-state index in [-0.39, 0.29) is 55.8 Å². The van der Waals surface area contributed by atoms with Crippen molar-refractivity contribution < 1.29 is 89.2 Å². The fourth-order valence-electron chi connectivity index (χ4n) is 12.0. The maximum atomic E-state index is 14.2. The first-order chi connectivity index (χ1) is 41.9. The summed E-state index contributed by atoms with van der Waals surface area (Å²) in [6, 6.07) is 5.85. The van der Waals surface area contributed by atoms with E-state index in [1.165, 1.54) is 0 Å². The van der Waals surface area contributed by atoms with Crippen LogP contribution in [0.25, 0.3) is 0 Å². The third-order valence-corrected chi connectivity index (χ3v) is 16.8. The molecule has 88 heavy (non-hydrogen) atoms. The average Bonchev–Trinajstić information content (AvgIpc) is 1.02. The van der Waals surface area contributed by atoms with Crippen LogP contribution < -0.4 is 16.4 Å². The number of hydrogen-bond donors (Lipinski definition) is 13. The topological polar surface area (TPSA) is 361 Å². The molecule has 14 N–H and O–H groups in total. The minimum Gasteiger partial charge on any atom is -0.461 e. The maximum absolute atomic E-state index is 14.2. The van der Waals surface area contributed by atoms with Crippen molar-refractivity contribution in [3.05, 3.63) is 115 Å². The molecule has 0 saturated carbocycles. The summed E-state index contributed by atoms with van der Waals surface area (Å²) in [4.78, 5) is 55.9. The van der Waals surface area contributed by atoms with E-state index in [1.807, 2.05) is 45.1 Å². The lowest BCUT2D eigenvalue weighted by Gasteiger charge is -2.46. The summed E-state index contributed by atoms with van der Waals surface area (Å²) in [6.07, 6.45) is 5.35. The summed E-state index contributed by atoms with van der Waals surface area (Å²) in [5, 5.41) is 117. The number of carbonyl (C=O) groups is 4. The number of esters is 1. The fourth-order valence-corrected chi connectivity index (χ4v) is 12.0. The smallest absolute Gasteiger partial charge is 0.308 e. The number of cyclic esters (lactones) is 1. The van der Waals surface area contributed by atoms with Gasteiger partial charge in [0.15, 0.2) is 17.9 Å². The van der Waals surface area contributed by atoms with Crippen LogP contribution in [0.2, 0.25) is 0 Å². The summed E-state index contributed by atoms with van der Waals surface area (Å²) < 4.78 is 24.5. The van der Waals surface area contributed by atoms with Gasteiger partial charge in [0.2, 0.25) is 5.91 Å². The first-order valence-corrected chi connectivity index (χ1v) is 31.2. The number of fused-ring (bicyclic) bond motifs is 2. The van der Waals surface area contributed by atoms with E-state index in [4.69, 9.17) is 24.7 Å². The van der Waals surface area contributed by atoms with Crippen LogP contribution in [0.1, 0.15) is 128 Å². The van der Waals surface area contributed by atoms with Crippen LogP contribution in [0.15, 0.2) is 109 Å². The van der Waals surface area contributed by atoms with Gasteiger partial charge in [0.25, 0.3) is 0 Å². The predicted molar refractivity (Wildman–Crippen MR) is 331 cm³/mol. The van der Waals surface area contributed by atoms with Crippen LogP contribution in [-0.2, 0) is 33.3 Å². The summed E-state index contributed by atoms with van der Waals surface area (Å²) >= 11 is 0. The maximum Gasteiger partial charge on any atom is 0.308 e. The number of nitrogens with one attached hydrogen (secondary N) is 2. The SMILES string of the molecule is CCN1CCCC1CNC(=O)C1C(O)CC2(O)CC(O)CC(O)CC(O)CC(O)CC(=O)CC(O)CC(=O)OC(C(C)CCC(O)CC(=O)c3ccc(NC)cc3)C(C)/C=C/C=C/C=C/C=C/C=C/C=C/C=C/C(O[C@@H]3O[C@H](C)[C@@H](O)[C@H](N)[C@@H]3O)CC1O2. The molecule has 1 amide bonds. The Hall–Kier alpha value is -5.12. The molecule has 1 aromatic rings. The summed E-state index contributed by atoms with van der Waals surface area (Å²) in [5.41, 5.74) is 7.48. The second-order valence-electron chi connectivity index (χ2n) is 24.3. The number of carbonyl (C=O) groups excluding carboxylic acids is 4. The summed E-state index contributed by atoms with van der Waals surface area (Å²) in [7, 11) is 1.77. The van der Waals surface area contributed by atoms with Crippen LogP contribution in [0.4, 0.5) is 5.69 Å². The second-order valence-corrected chi connectivity index (χ2v) is 24.3. The van der Waals surface area contributed by atoms with E-state index in [2.05, 4.69) is 15.5 Å². The van der Waals surface area contributed by atoms with Gasteiger partial charge in [0.1, 0.15) is 18.0 Å². The van der Waals surface area contributed by atoms with E-state index in [0.29, 0.717) is 18.5 Å². The number of likely N-dealkylation sites (N-methyl/N-ethyl adjacent to an activating group) is 1. The predicted octanol–water partition coefficient (Wildman–Crippen LogP) is 3.26. The lowest BCUT2D eigenvalue weighted by Crippen LogP contribution is -2.62. The molecule has 1 aromatic carbocycles. The van der Waals surface area contributed by atoms with Gasteiger partial charge in [-0.05, 0) is 95.1 Å². The first-order valence-electron chi connectivity index (χ1n) is 31.2. The molecule has 22 nitrogen and oxygen atoms in total. The molecule has 2 bridgehead atoms. The van der Waals surface area contributed by atoms with Crippen molar-refractivity contribution in [3.8, 4) is 0 Å². The zero-order valence-corrected chi connectivity index (χ0v) is 51.6. The van der Waals surface area contributed by atoms with Gasteiger partial charge in [0, 0.05) is 75.3 Å². The number of benzene rings is 1. The van der Waals surface area contributed by atoms with Crippen molar-refractivity contribution >= 4 is 29.1 Å². The van der Waals surface area contributed by atoms with Crippen molar-refractivity contribution in [1.82, 2.24) is 10.2 Å². The van der Waals surface area contributed by atoms with Crippen molar-refractivity contribution in [2.75, 3.05) is 32.0 Å². The molecule has 0 spiro atoms. The Morgan fingerprint density at radius 3 is 1.98 bits per heavy atom. The Labute approximate surface area is 518 Å². The molecular weight excluding hydrogens is 1140 g/mol. The van der Waals surface area contributed by atoms with Gasteiger partial charge in [0.05, 0.1) is 85.5 Å². The average molecular weight is 1240 g/mol.